The fourth-order valence-corrected chi connectivity index (χ4v) is 2.47. The van der Waals surface area contributed by atoms with Crippen LogP contribution >= 0.6 is 0 Å². The zero-order chi connectivity index (χ0) is 15.0. The topological polar surface area (TPSA) is 60.5 Å². The van der Waals surface area contributed by atoms with Crippen molar-refractivity contribution in [1.29, 1.82) is 0 Å². The SMILES string of the molecule is COC(=O)c1cc2c(cc1OC)[nH]c1ccc(OC)cc12. The zero-order valence-electron chi connectivity index (χ0n) is 12.0. The van der Waals surface area contributed by atoms with Gasteiger partial charge in [-0.05, 0) is 24.3 Å². The molecule has 108 valence electrons. The number of aromatic amines is 1. The first-order valence-electron chi connectivity index (χ1n) is 6.43. The second kappa shape index (κ2) is 5.01. The van der Waals surface area contributed by atoms with Gasteiger partial charge in [0.2, 0.25) is 0 Å². The van der Waals surface area contributed by atoms with Gasteiger partial charge < -0.3 is 19.2 Å². The van der Waals surface area contributed by atoms with Crippen LogP contribution in [0.3, 0.4) is 0 Å². The molecule has 0 fully saturated rings. The molecule has 0 atom stereocenters. The van der Waals surface area contributed by atoms with E-state index in [0.29, 0.717) is 11.3 Å². The molecule has 0 amide bonds. The van der Waals surface area contributed by atoms with E-state index < -0.39 is 5.97 Å². The van der Waals surface area contributed by atoms with Crippen molar-refractivity contribution in [2.24, 2.45) is 0 Å². The molecule has 5 nitrogen and oxygen atoms in total. The Morgan fingerprint density at radius 3 is 2.38 bits per heavy atom. The van der Waals surface area contributed by atoms with Crippen LogP contribution in [0.15, 0.2) is 30.3 Å². The smallest absolute Gasteiger partial charge is 0.341 e. The average Bonchev–Trinajstić information content (AvgIpc) is 2.89. The highest BCUT2D eigenvalue weighted by Gasteiger charge is 2.16. The molecule has 0 saturated carbocycles. The predicted molar refractivity (Wildman–Crippen MR) is 80.2 cm³/mol. The van der Waals surface area contributed by atoms with Gasteiger partial charge in [-0.2, -0.15) is 0 Å². The summed E-state index contributed by atoms with van der Waals surface area (Å²) < 4.78 is 15.3. The van der Waals surface area contributed by atoms with E-state index in [1.807, 2.05) is 18.2 Å². The summed E-state index contributed by atoms with van der Waals surface area (Å²) in [7, 11) is 4.50. The zero-order valence-corrected chi connectivity index (χ0v) is 12.0. The van der Waals surface area contributed by atoms with E-state index in [1.54, 1.807) is 19.2 Å². The third-order valence-corrected chi connectivity index (χ3v) is 3.53. The number of esters is 1. The lowest BCUT2D eigenvalue weighted by atomic mass is 10.1. The molecule has 1 aromatic heterocycles. The first-order valence-corrected chi connectivity index (χ1v) is 6.43. The van der Waals surface area contributed by atoms with Crippen LogP contribution in [-0.4, -0.2) is 32.3 Å². The number of nitrogens with one attached hydrogen (secondary N) is 1. The quantitative estimate of drug-likeness (QED) is 0.751. The van der Waals surface area contributed by atoms with Crippen LogP contribution in [-0.2, 0) is 4.74 Å². The van der Waals surface area contributed by atoms with E-state index in [9.17, 15) is 4.79 Å². The highest BCUT2D eigenvalue weighted by atomic mass is 16.5. The Hall–Kier alpha value is -2.69. The highest BCUT2D eigenvalue weighted by molar-refractivity contribution is 6.11. The summed E-state index contributed by atoms with van der Waals surface area (Å²) in [6.07, 6.45) is 0. The molecule has 0 aliphatic carbocycles. The molecule has 0 unspecified atom stereocenters. The minimum Gasteiger partial charge on any atom is -0.497 e. The second-order valence-corrected chi connectivity index (χ2v) is 4.63. The largest absolute Gasteiger partial charge is 0.497 e. The van der Waals surface area contributed by atoms with Crippen LogP contribution in [0.5, 0.6) is 11.5 Å². The molecule has 0 aliphatic heterocycles. The summed E-state index contributed by atoms with van der Waals surface area (Å²) in [6, 6.07) is 9.34. The second-order valence-electron chi connectivity index (χ2n) is 4.63. The molecular weight excluding hydrogens is 270 g/mol. The van der Waals surface area contributed by atoms with Gasteiger partial charge in [-0.1, -0.05) is 0 Å². The maximum absolute atomic E-state index is 11.9. The number of ether oxygens (including phenoxy) is 3. The van der Waals surface area contributed by atoms with Crippen LogP contribution in [0.1, 0.15) is 10.4 Å². The van der Waals surface area contributed by atoms with E-state index in [-0.39, 0.29) is 0 Å². The highest BCUT2D eigenvalue weighted by Crippen LogP contribution is 2.33. The molecule has 0 spiro atoms. The molecule has 3 aromatic rings. The number of methoxy groups -OCH3 is 3. The van der Waals surface area contributed by atoms with Gasteiger partial charge in [0, 0.05) is 22.4 Å². The molecule has 1 heterocycles. The number of carbonyl (C=O) groups excluding carboxylic acids is 1. The lowest BCUT2D eigenvalue weighted by molar-refractivity contribution is 0.0597. The van der Waals surface area contributed by atoms with Crippen LogP contribution in [0.4, 0.5) is 0 Å². The fourth-order valence-electron chi connectivity index (χ4n) is 2.47. The molecule has 0 aliphatic rings. The van der Waals surface area contributed by atoms with Crippen molar-refractivity contribution in [3.8, 4) is 11.5 Å². The number of benzene rings is 2. The van der Waals surface area contributed by atoms with Crippen molar-refractivity contribution in [3.05, 3.63) is 35.9 Å². The van der Waals surface area contributed by atoms with Gasteiger partial charge in [-0.3, -0.25) is 0 Å². The fraction of sp³-hybridized carbons (Fsp3) is 0.188. The Morgan fingerprint density at radius 2 is 1.71 bits per heavy atom. The molecule has 0 radical (unpaired) electrons. The molecular formula is C16H15NO4. The van der Waals surface area contributed by atoms with Gasteiger partial charge in [0.25, 0.3) is 0 Å². The Bertz CT molecular complexity index is 835. The van der Waals surface area contributed by atoms with Crippen LogP contribution in [0, 0.1) is 0 Å². The summed E-state index contributed by atoms with van der Waals surface area (Å²) in [5, 5.41) is 1.90. The van der Waals surface area contributed by atoms with E-state index in [2.05, 4.69) is 4.98 Å². The summed E-state index contributed by atoms with van der Waals surface area (Å²) in [5.41, 5.74) is 2.26. The molecule has 2 aromatic carbocycles. The van der Waals surface area contributed by atoms with Gasteiger partial charge in [0.1, 0.15) is 17.1 Å². The average molecular weight is 285 g/mol. The third-order valence-electron chi connectivity index (χ3n) is 3.53. The van der Waals surface area contributed by atoms with Crippen molar-refractivity contribution in [1.82, 2.24) is 4.98 Å². The maximum Gasteiger partial charge on any atom is 0.341 e. The van der Waals surface area contributed by atoms with Crippen LogP contribution in [0.25, 0.3) is 21.8 Å². The van der Waals surface area contributed by atoms with E-state index in [1.165, 1.54) is 14.2 Å². The normalized spacial score (nSPS) is 10.8. The summed E-state index contributed by atoms with van der Waals surface area (Å²) >= 11 is 0. The van der Waals surface area contributed by atoms with E-state index in [4.69, 9.17) is 14.2 Å². The van der Waals surface area contributed by atoms with Crippen molar-refractivity contribution in [2.75, 3.05) is 21.3 Å². The number of aromatic nitrogens is 1. The van der Waals surface area contributed by atoms with Gasteiger partial charge in [0.15, 0.2) is 0 Å². The van der Waals surface area contributed by atoms with Gasteiger partial charge in [-0.15, -0.1) is 0 Å². The third kappa shape index (κ3) is 2.07. The molecule has 3 rings (SSSR count). The van der Waals surface area contributed by atoms with E-state index >= 15 is 0 Å². The minimum atomic E-state index is -0.425. The lowest BCUT2D eigenvalue weighted by Crippen LogP contribution is -2.03. The lowest BCUT2D eigenvalue weighted by Gasteiger charge is -2.07. The monoisotopic (exact) mass is 285 g/mol. The number of hydrogen-bond acceptors (Lipinski definition) is 4. The predicted octanol–water partition coefficient (Wildman–Crippen LogP) is 3.12. The van der Waals surface area contributed by atoms with Crippen molar-refractivity contribution in [2.45, 2.75) is 0 Å². The standard InChI is InChI=1S/C16H15NO4/c1-19-9-4-5-13-10(6-9)11-7-12(16(18)21-3)15(20-2)8-14(11)17-13/h4-8,17H,1-3H3. The first-order chi connectivity index (χ1) is 10.2. The van der Waals surface area contributed by atoms with Crippen LogP contribution in [0.2, 0.25) is 0 Å². The van der Waals surface area contributed by atoms with Crippen molar-refractivity contribution in [3.63, 3.8) is 0 Å². The molecule has 21 heavy (non-hydrogen) atoms. The van der Waals surface area contributed by atoms with Crippen molar-refractivity contribution < 1.29 is 19.0 Å². The molecule has 5 heteroatoms. The molecule has 0 saturated heterocycles. The number of rotatable bonds is 3. The minimum absolute atomic E-state index is 0.399. The van der Waals surface area contributed by atoms with E-state index in [0.717, 1.165) is 27.6 Å². The Labute approximate surface area is 121 Å². The summed E-state index contributed by atoms with van der Waals surface area (Å²) in [4.78, 5) is 15.2. The number of fused-ring (bicyclic) bond motifs is 3. The Balaban J connectivity index is 2.34. The Kier molecular flexibility index (Phi) is 3.17. The Morgan fingerprint density at radius 1 is 0.952 bits per heavy atom. The molecule has 1 N–H and O–H groups in total. The summed E-state index contributed by atoms with van der Waals surface area (Å²) in [6.45, 7) is 0. The number of H-pyrrole nitrogens is 1. The van der Waals surface area contributed by atoms with Crippen molar-refractivity contribution >= 4 is 27.8 Å². The first kappa shape index (κ1) is 13.3. The number of hydrogen-bond donors (Lipinski definition) is 1. The number of carbonyl (C=O) groups is 1. The summed E-state index contributed by atoms with van der Waals surface area (Å²) in [5.74, 6) is 0.817. The van der Waals surface area contributed by atoms with Gasteiger partial charge in [-0.25, -0.2) is 4.79 Å². The molecule has 0 bridgehead atoms. The van der Waals surface area contributed by atoms with Crippen LogP contribution < -0.4 is 9.47 Å². The van der Waals surface area contributed by atoms with Gasteiger partial charge >= 0.3 is 5.97 Å². The maximum atomic E-state index is 11.9. The van der Waals surface area contributed by atoms with Gasteiger partial charge in [0.05, 0.1) is 26.8 Å².